The summed E-state index contributed by atoms with van der Waals surface area (Å²) in [5, 5.41) is 0.825. The average Bonchev–Trinajstić information content (AvgIpc) is 3.33. The number of thiazole rings is 1. The fraction of sp³-hybridized carbons (Fsp3) is 0.381. The van der Waals surface area contributed by atoms with E-state index >= 15 is 0 Å². The van der Waals surface area contributed by atoms with E-state index in [1.165, 1.54) is 18.4 Å². The van der Waals surface area contributed by atoms with E-state index in [0.717, 1.165) is 37.6 Å². The molecule has 1 fully saturated rings. The zero-order valence-electron chi connectivity index (χ0n) is 17.5. The predicted octanol–water partition coefficient (Wildman–Crippen LogP) is 3.12. The number of aryl methyl sites for hydroxylation is 2. The molecule has 0 atom stereocenters. The number of ether oxygens (including phenoxy) is 1. The summed E-state index contributed by atoms with van der Waals surface area (Å²) in [5.41, 5.74) is 4.07. The molecular weight excluding hydrogens is 416 g/mol. The summed E-state index contributed by atoms with van der Waals surface area (Å²) in [4.78, 5) is 41.3. The van der Waals surface area contributed by atoms with E-state index in [0.29, 0.717) is 25.9 Å². The molecule has 0 radical (unpaired) electrons. The molecule has 9 nitrogen and oxygen atoms in total. The summed E-state index contributed by atoms with van der Waals surface area (Å²) < 4.78 is 8.29. The van der Waals surface area contributed by atoms with Crippen LogP contribution in [-0.4, -0.2) is 55.3 Å². The number of nitrogens with zero attached hydrogens (tertiary/aromatic N) is 6. The molecular formula is C21H22N6O3S. The van der Waals surface area contributed by atoms with Crippen LogP contribution < -0.4 is 5.69 Å². The fourth-order valence-electron chi connectivity index (χ4n) is 4.19. The van der Waals surface area contributed by atoms with Crippen LogP contribution in [-0.2, 0) is 11.8 Å². The van der Waals surface area contributed by atoms with Crippen LogP contribution >= 0.6 is 11.3 Å². The minimum absolute atomic E-state index is 0.0195. The Bertz CT molecular complexity index is 1350. The number of imidazole rings is 1. The van der Waals surface area contributed by atoms with E-state index in [9.17, 15) is 9.59 Å². The standard InChI is InChI=1S/C21H22N6O3S/c1-12-4-5-13(10-22-12)18-24-16-17-15(11-23-19(16)31-18)25(2)20(28)27(17)14-6-8-26(9-7-14)21(29)30-3/h4-5,10-11,14H,6-9H2,1-3H3. The molecule has 1 aliphatic rings. The van der Waals surface area contributed by atoms with Gasteiger partial charge in [0.15, 0.2) is 0 Å². The number of amides is 1. The molecule has 0 N–H and O–H groups in total. The number of methoxy groups -OCH3 is 1. The van der Waals surface area contributed by atoms with Gasteiger partial charge in [0.25, 0.3) is 0 Å². The van der Waals surface area contributed by atoms with Gasteiger partial charge in [-0.3, -0.25) is 14.1 Å². The molecule has 31 heavy (non-hydrogen) atoms. The molecule has 10 heteroatoms. The largest absolute Gasteiger partial charge is 0.453 e. The number of likely N-dealkylation sites (tertiary alicyclic amines) is 1. The first-order valence-corrected chi connectivity index (χ1v) is 10.9. The van der Waals surface area contributed by atoms with Crippen LogP contribution in [0, 0.1) is 6.92 Å². The van der Waals surface area contributed by atoms with E-state index in [4.69, 9.17) is 9.72 Å². The topological polar surface area (TPSA) is 95.1 Å². The number of carbonyl (C=O) groups excluding carboxylic acids is 1. The third-order valence-corrected chi connectivity index (χ3v) is 6.91. The van der Waals surface area contributed by atoms with Gasteiger partial charge in [-0.15, -0.1) is 0 Å². The molecule has 1 saturated heterocycles. The highest BCUT2D eigenvalue weighted by Crippen LogP contribution is 2.34. The van der Waals surface area contributed by atoms with Gasteiger partial charge < -0.3 is 9.64 Å². The molecule has 160 valence electrons. The number of piperidine rings is 1. The van der Waals surface area contributed by atoms with E-state index in [2.05, 4.69) is 9.97 Å². The van der Waals surface area contributed by atoms with E-state index < -0.39 is 0 Å². The van der Waals surface area contributed by atoms with E-state index in [1.807, 2.05) is 29.8 Å². The maximum atomic E-state index is 13.2. The quantitative estimate of drug-likeness (QED) is 0.477. The van der Waals surface area contributed by atoms with Crippen molar-refractivity contribution in [3.05, 3.63) is 40.7 Å². The van der Waals surface area contributed by atoms with Gasteiger partial charge in [-0.1, -0.05) is 11.3 Å². The zero-order chi connectivity index (χ0) is 21.7. The zero-order valence-corrected chi connectivity index (χ0v) is 18.3. The Morgan fingerprint density at radius 2 is 1.97 bits per heavy atom. The van der Waals surface area contributed by atoms with Crippen LogP contribution in [0.2, 0.25) is 0 Å². The number of pyridine rings is 2. The van der Waals surface area contributed by atoms with Crippen LogP contribution in [0.3, 0.4) is 0 Å². The molecule has 0 spiro atoms. The first-order chi connectivity index (χ1) is 15.0. The summed E-state index contributed by atoms with van der Waals surface area (Å²) in [5.74, 6) is 0. The second-order valence-corrected chi connectivity index (χ2v) is 8.73. The van der Waals surface area contributed by atoms with Gasteiger partial charge in [-0.2, -0.15) is 0 Å². The molecule has 1 aliphatic heterocycles. The van der Waals surface area contributed by atoms with Gasteiger partial charge in [0.05, 0.1) is 18.8 Å². The van der Waals surface area contributed by atoms with Gasteiger partial charge in [-0.25, -0.2) is 19.6 Å². The number of rotatable bonds is 2. The number of hydrogen-bond donors (Lipinski definition) is 0. The Balaban J connectivity index is 1.62. The molecule has 0 aromatic carbocycles. The summed E-state index contributed by atoms with van der Waals surface area (Å²) in [6.07, 6.45) is 4.58. The highest BCUT2D eigenvalue weighted by molar-refractivity contribution is 7.21. The van der Waals surface area contributed by atoms with Crippen molar-refractivity contribution >= 4 is 38.8 Å². The summed E-state index contributed by atoms with van der Waals surface area (Å²) in [6.45, 7) is 3.04. The van der Waals surface area contributed by atoms with Crippen LogP contribution in [0.15, 0.2) is 29.3 Å². The molecule has 5 heterocycles. The third kappa shape index (κ3) is 3.18. The average molecular weight is 439 g/mol. The van der Waals surface area contributed by atoms with Crippen LogP contribution in [0.1, 0.15) is 24.6 Å². The maximum Gasteiger partial charge on any atom is 0.409 e. The number of fused-ring (bicyclic) bond motifs is 3. The van der Waals surface area contributed by atoms with Crippen molar-refractivity contribution in [2.45, 2.75) is 25.8 Å². The predicted molar refractivity (Wildman–Crippen MR) is 118 cm³/mol. The molecule has 0 unspecified atom stereocenters. The van der Waals surface area contributed by atoms with E-state index in [-0.39, 0.29) is 17.8 Å². The van der Waals surface area contributed by atoms with Gasteiger partial charge in [0.1, 0.15) is 20.9 Å². The first kappa shape index (κ1) is 19.7. The van der Waals surface area contributed by atoms with Crippen molar-refractivity contribution in [2.24, 2.45) is 7.05 Å². The Kier molecular flexibility index (Phi) is 4.73. The second-order valence-electron chi connectivity index (χ2n) is 7.75. The second kappa shape index (κ2) is 7.45. The van der Waals surface area contributed by atoms with Crippen LogP contribution in [0.5, 0.6) is 0 Å². The van der Waals surface area contributed by atoms with Gasteiger partial charge in [0.2, 0.25) is 0 Å². The van der Waals surface area contributed by atoms with E-state index in [1.54, 1.807) is 22.7 Å². The Morgan fingerprint density at radius 1 is 1.19 bits per heavy atom. The fourth-order valence-corrected chi connectivity index (χ4v) is 5.09. The highest BCUT2D eigenvalue weighted by atomic mass is 32.1. The Labute approximate surface area is 181 Å². The smallest absolute Gasteiger partial charge is 0.409 e. The lowest BCUT2D eigenvalue weighted by Crippen LogP contribution is -2.40. The third-order valence-electron chi connectivity index (χ3n) is 5.90. The molecule has 1 amide bonds. The first-order valence-electron chi connectivity index (χ1n) is 10.1. The molecule has 0 bridgehead atoms. The maximum absolute atomic E-state index is 13.2. The van der Waals surface area contributed by atoms with Crippen molar-refractivity contribution in [1.82, 2.24) is 29.0 Å². The molecule has 0 aliphatic carbocycles. The van der Waals surface area contributed by atoms with Gasteiger partial charge in [0, 0.05) is 43.6 Å². The van der Waals surface area contributed by atoms with Gasteiger partial charge >= 0.3 is 11.8 Å². The molecule has 5 rings (SSSR count). The Morgan fingerprint density at radius 3 is 2.65 bits per heavy atom. The summed E-state index contributed by atoms with van der Waals surface area (Å²) in [7, 11) is 3.15. The molecule has 4 aromatic rings. The lowest BCUT2D eigenvalue weighted by molar-refractivity contribution is 0.107. The van der Waals surface area contributed by atoms with Crippen LogP contribution in [0.25, 0.3) is 32.0 Å². The van der Waals surface area contributed by atoms with Crippen molar-refractivity contribution in [3.8, 4) is 10.6 Å². The summed E-state index contributed by atoms with van der Waals surface area (Å²) >= 11 is 1.49. The highest BCUT2D eigenvalue weighted by Gasteiger charge is 2.28. The number of hydrogen-bond acceptors (Lipinski definition) is 7. The van der Waals surface area contributed by atoms with Gasteiger partial charge in [-0.05, 0) is 31.9 Å². The summed E-state index contributed by atoms with van der Waals surface area (Å²) in [6, 6.07) is 3.93. The SMILES string of the molecule is COC(=O)N1CCC(n2c(=O)n(C)c3cnc4sc(-c5ccc(C)nc5)nc4c32)CC1. The number of aromatic nitrogens is 5. The van der Waals surface area contributed by atoms with Crippen LogP contribution in [0.4, 0.5) is 4.79 Å². The minimum Gasteiger partial charge on any atom is -0.453 e. The Hall–Kier alpha value is -3.27. The molecule has 0 saturated carbocycles. The normalized spacial score (nSPS) is 15.1. The number of carbonyl (C=O) groups is 1. The van der Waals surface area contributed by atoms with Crippen molar-refractivity contribution in [3.63, 3.8) is 0 Å². The molecule has 4 aromatic heterocycles. The lowest BCUT2D eigenvalue weighted by Gasteiger charge is -2.31. The van der Waals surface area contributed by atoms with Crippen molar-refractivity contribution in [1.29, 1.82) is 0 Å². The lowest BCUT2D eigenvalue weighted by atomic mass is 10.1. The van der Waals surface area contributed by atoms with Crippen molar-refractivity contribution < 1.29 is 9.53 Å². The van der Waals surface area contributed by atoms with Crippen molar-refractivity contribution in [2.75, 3.05) is 20.2 Å². The minimum atomic E-state index is -0.328. The monoisotopic (exact) mass is 438 g/mol.